The van der Waals surface area contributed by atoms with Crippen molar-refractivity contribution in [3.8, 4) is 0 Å². The largest absolute Gasteiger partial charge is 1.00 e. The third kappa shape index (κ3) is 9.51. The zero-order valence-electron chi connectivity index (χ0n) is 7.16. The van der Waals surface area contributed by atoms with Crippen LogP contribution < -0.4 is 24.8 Å². The number of carbonyl (C=O) groups excluding carboxylic acids is 2. The third-order valence-electron chi connectivity index (χ3n) is 0.732. The molecule has 4 nitrogen and oxygen atoms in total. The molecule has 0 rings (SSSR count). The van der Waals surface area contributed by atoms with Crippen molar-refractivity contribution in [2.24, 2.45) is 0 Å². The van der Waals surface area contributed by atoms with E-state index in [2.05, 4.69) is 6.64 Å². The second-order valence-electron chi connectivity index (χ2n) is 1.86. The Morgan fingerprint density at radius 2 is 1.00 bits per heavy atom. The number of hydrogen-bond acceptors (Lipinski definition) is 4. The van der Waals surface area contributed by atoms with Gasteiger partial charge in [-0.05, 0) is 0 Å². The molecule has 0 aromatic carbocycles. The zero-order chi connectivity index (χ0) is 12.3. The maximum Gasteiger partial charge on any atom is -1.00 e. The molecule has 0 saturated heterocycles. The standard InChI is InChI=1S/2C2HF3O2.2ClH.Ti/c2*3-2(4,5)1(6)7;;;/h2*(H,6,7);2*1H;/q;;;;+4/p-4. The Morgan fingerprint density at radius 3 is 1.18 bits per heavy atom. The minimum absolute atomic E-state index is 0. The van der Waals surface area contributed by atoms with Gasteiger partial charge >= 0.3 is 86.8 Å². The van der Waals surface area contributed by atoms with Crippen LogP contribution in [0.4, 0.5) is 26.3 Å². The van der Waals surface area contributed by atoms with Crippen LogP contribution in [0, 0.1) is 0 Å². The molecule has 0 atom stereocenters. The molecule has 0 fully saturated rings. The van der Waals surface area contributed by atoms with Crippen LogP contribution in [0.1, 0.15) is 0 Å². The normalized spacial score (nSPS) is 10.2. The minimum atomic E-state index is -5.33. The SMILES string of the molecule is O=C([O][Ti+2][O]C(=O)C(F)(F)F)C(F)(F)F.[Cl-].[Cl-]. The van der Waals surface area contributed by atoms with E-state index in [0.29, 0.717) is 0 Å². The summed E-state index contributed by atoms with van der Waals surface area (Å²) < 4.78 is 74.9. The average Bonchev–Trinajstić information content (AvgIpc) is 2.00. The summed E-state index contributed by atoms with van der Waals surface area (Å²) >= 11 is -2.86. The number of carbonyl (C=O) groups is 2. The van der Waals surface area contributed by atoms with E-state index < -0.39 is 44.2 Å². The zero-order valence-corrected chi connectivity index (χ0v) is 10.2. The van der Waals surface area contributed by atoms with Gasteiger partial charge < -0.3 is 24.8 Å². The van der Waals surface area contributed by atoms with Crippen LogP contribution in [0.15, 0.2) is 0 Å². The smallest absolute Gasteiger partial charge is 1.00 e. The van der Waals surface area contributed by atoms with Gasteiger partial charge in [0.1, 0.15) is 0 Å². The Labute approximate surface area is 112 Å². The molecule has 0 heterocycles. The maximum atomic E-state index is 11.4. The Kier molecular flexibility index (Phi) is 10.4. The predicted octanol–water partition coefficient (Wildman–Crippen LogP) is -4.88. The van der Waals surface area contributed by atoms with Crippen molar-refractivity contribution in [1.82, 2.24) is 0 Å². The summed E-state index contributed by atoms with van der Waals surface area (Å²) in [6.45, 7) is 0. The van der Waals surface area contributed by atoms with Gasteiger partial charge in [-0.2, -0.15) is 0 Å². The molecule has 0 aliphatic heterocycles. The van der Waals surface area contributed by atoms with Gasteiger partial charge in [0.15, 0.2) is 0 Å². The summed E-state index contributed by atoms with van der Waals surface area (Å²) in [5.74, 6) is -5.39. The molecule has 0 unspecified atom stereocenters. The minimum Gasteiger partial charge on any atom is -1.00 e. The Bertz CT molecular complexity index is 240. The number of halogens is 8. The molecule has 0 bridgehead atoms. The number of alkyl halides is 6. The molecular formula is C4Cl2F6O4Ti. The van der Waals surface area contributed by atoms with Crippen LogP contribution in [0.5, 0.6) is 0 Å². The van der Waals surface area contributed by atoms with Crippen LogP contribution in [0.3, 0.4) is 0 Å². The molecule has 0 saturated carbocycles. The quantitative estimate of drug-likeness (QED) is 0.372. The molecular weight excluding hydrogens is 345 g/mol. The summed E-state index contributed by atoms with van der Waals surface area (Å²) in [4.78, 5) is 19.8. The van der Waals surface area contributed by atoms with Crippen molar-refractivity contribution >= 4 is 11.9 Å². The van der Waals surface area contributed by atoms with Crippen molar-refractivity contribution in [2.75, 3.05) is 0 Å². The van der Waals surface area contributed by atoms with Crippen LogP contribution in [-0.4, -0.2) is 24.3 Å². The topological polar surface area (TPSA) is 52.6 Å². The van der Waals surface area contributed by atoms with E-state index in [1.807, 2.05) is 0 Å². The predicted molar refractivity (Wildman–Crippen MR) is 24.3 cm³/mol. The van der Waals surface area contributed by atoms with Gasteiger partial charge in [0.2, 0.25) is 0 Å². The van der Waals surface area contributed by atoms with Crippen molar-refractivity contribution in [3.63, 3.8) is 0 Å². The Hall–Kier alpha value is -0.186. The maximum absolute atomic E-state index is 11.4. The first-order chi connectivity index (χ1) is 6.55. The fourth-order valence-corrected chi connectivity index (χ4v) is 0.875. The average molecular weight is 345 g/mol. The van der Waals surface area contributed by atoms with E-state index in [-0.39, 0.29) is 24.8 Å². The fraction of sp³-hybridized carbons (Fsp3) is 0.500. The van der Waals surface area contributed by atoms with E-state index in [9.17, 15) is 35.9 Å². The van der Waals surface area contributed by atoms with Crippen LogP contribution in [-0.2, 0) is 36.2 Å². The van der Waals surface area contributed by atoms with Crippen molar-refractivity contribution in [2.45, 2.75) is 12.4 Å². The first kappa shape index (κ1) is 22.0. The first-order valence-electron chi connectivity index (χ1n) is 2.86. The molecule has 0 aromatic rings. The van der Waals surface area contributed by atoms with E-state index in [1.165, 1.54) is 0 Å². The molecule has 0 aromatic heterocycles. The molecule has 0 amide bonds. The summed E-state index contributed by atoms with van der Waals surface area (Å²) in [7, 11) is 0. The van der Waals surface area contributed by atoms with Gasteiger partial charge in [0.05, 0.1) is 0 Å². The van der Waals surface area contributed by atoms with Gasteiger partial charge in [-0.1, -0.05) is 0 Å². The second kappa shape index (κ2) is 8.01. The molecule has 17 heavy (non-hydrogen) atoms. The van der Waals surface area contributed by atoms with Gasteiger partial charge in [0.25, 0.3) is 0 Å². The number of rotatable bonds is 2. The number of hydrogen-bond donors (Lipinski definition) is 0. The van der Waals surface area contributed by atoms with Crippen molar-refractivity contribution in [1.29, 1.82) is 0 Å². The Balaban J connectivity index is -0.000000980. The summed E-state index contributed by atoms with van der Waals surface area (Å²) in [6.07, 6.45) is -10.7. The summed E-state index contributed by atoms with van der Waals surface area (Å²) in [6, 6.07) is 0. The van der Waals surface area contributed by atoms with E-state index >= 15 is 0 Å². The van der Waals surface area contributed by atoms with E-state index in [0.717, 1.165) is 0 Å². The van der Waals surface area contributed by atoms with E-state index in [1.54, 1.807) is 0 Å². The van der Waals surface area contributed by atoms with Gasteiger partial charge in [0, 0.05) is 0 Å². The molecule has 100 valence electrons. The summed E-state index contributed by atoms with van der Waals surface area (Å²) in [5.41, 5.74) is 0. The fourth-order valence-electron chi connectivity index (χ4n) is 0.212. The molecule has 0 aliphatic carbocycles. The molecule has 13 heteroatoms. The van der Waals surface area contributed by atoms with Gasteiger partial charge in [-0.15, -0.1) is 0 Å². The molecule has 0 radical (unpaired) electrons. The molecule has 0 spiro atoms. The van der Waals surface area contributed by atoms with Gasteiger partial charge in [-0.25, -0.2) is 0 Å². The van der Waals surface area contributed by atoms with Gasteiger partial charge in [-0.3, -0.25) is 0 Å². The Morgan fingerprint density at radius 1 is 0.765 bits per heavy atom. The van der Waals surface area contributed by atoms with Crippen molar-refractivity contribution < 1.29 is 87.3 Å². The van der Waals surface area contributed by atoms with E-state index in [4.69, 9.17) is 0 Å². The van der Waals surface area contributed by atoms with Crippen molar-refractivity contribution in [3.05, 3.63) is 0 Å². The summed E-state index contributed by atoms with van der Waals surface area (Å²) in [5, 5.41) is 0. The van der Waals surface area contributed by atoms with Crippen LogP contribution >= 0.6 is 0 Å². The van der Waals surface area contributed by atoms with Crippen LogP contribution in [0.2, 0.25) is 0 Å². The van der Waals surface area contributed by atoms with Crippen LogP contribution in [0.25, 0.3) is 0 Å². The molecule has 0 aliphatic rings. The first-order valence-corrected chi connectivity index (χ1v) is 4.13. The molecule has 0 N–H and O–H groups in total. The monoisotopic (exact) mass is 344 g/mol. The second-order valence-corrected chi connectivity index (χ2v) is 2.76. The third-order valence-corrected chi connectivity index (χ3v) is 1.57.